The summed E-state index contributed by atoms with van der Waals surface area (Å²) in [5.74, 6) is -3.98. The zero-order valence-corrected chi connectivity index (χ0v) is 25.4. The number of fused-ring (bicyclic) bond motifs is 1. The van der Waals surface area contributed by atoms with E-state index in [4.69, 9.17) is 23.4 Å². The van der Waals surface area contributed by atoms with E-state index in [1.54, 1.807) is 33.3 Å². The van der Waals surface area contributed by atoms with Crippen molar-refractivity contribution in [1.82, 2.24) is 0 Å². The van der Waals surface area contributed by atoms with Gasteiger partial charge >= 0.3 is 11.9 Å². The summed E-state index contributed by atoms with van der Waals surface area (Å²) in [6, 6.07) is 1.84. The molecule has 4 saturated carbocycles. The second kappa shape index (κ2) is 8.90. The van der Waals surface area contributed by atoms with Crippen molar-refractivity contribution < 1.29 is 53.1 Å². The van der Waals surface area contributed by atoms with Gasteiger partial charge in [0.1, 0.15) is 17.8 Å². The first-order chi connectivity index (χ1) is 20.1. The minimum atomic E-state index is -1.46. The number of furan rings is 1. The fourth-order valence-electron chi connectivity index (χ4n) is 11.0. The van der Waals surface area contributed by atoms with E-state index >= 15 is 0 Å². The van der Waals surface area contributed by atoms with E-state index < -0.39 is 93.4 Å². The molecule has 11 nitrogen and oxygen atoms in total. The molecule has 3 heterocycles. The average molecular weight is 603 g/mol. The van der Waals surface area contributed by atoms with Crippen molar-refractivity contribution in [3.63, 3.8) is 0 Å². The van der Waals surface area contributed by atoms with Gasteiger partial charge in [-0.1, -0.05) is 27.7 Å². The molecular weight excluding hydrogens is 560 g/mol. The summed E-state index contributed by atoms with van der Waals surface area (Å²) >= 11 is 0. The lowest BCUT2D eigenvalue weighted by Crippen LogP contribution is -2.82. The number of ketones is 1. The van der Waals surface area contributed by atoms with Crippen molar-refractivity contribution in [3.8, 4) is 0 Å². The first kappa shape index (κ1) is 29.4. The highest BCUT2D eigenvalue weighted by Crippen LogP contribution is 2.82. The molecule has 14 unspecified atom stereocenters. The van der Waals surface area contributed by atoms with Gasteiger partial charge in [0.25, 0.3) is 0 Å². The van der Waals surface area contributed by atoms with Gasteiger partial charge in [-0.05, 0) is 37.3 Å². The predicted molar refractivity (Wildman–Crippen MR) is 146 cm³/mol. The number of hydrogen-bond acceptors (Lipinski definition) is 11. The summed E-state index contributed by atoms with van der Waals surface area (Å²) in [6.45, 7) is 10.0. The van der Waals surface area contributed by atoms with Crippen LogP contribution in [-0.2, 0) is 33.3 Å². The summed E-state index contributed by atoms with van der Waals surface area (Å²) in [5.41, 5.74) is -4.95. The van der Waals surface area contributed by atoms with Crippen LogP contribution in [0, 0.1) is 39.4 Å². The fraction of sp³-hybridized carbons (Fsp3) is 0.781. The van der Waals surface area contributed by atoms with Crippen molar-refractivity contribution in [2.75, 3.05) is 6.61 Å². The number of carbonyl (C=O) groups is 3. The summed E-state index contributed by atoms with van der Waals surface area (Å²) in [4.78, 5) is 39.9. The quantitative estimate of drug-likeness (QED) is 0.341. The van der Waals surface area contributed by atoms with Crippen molar-refractivity contribution in [2.24, 2.45) is 39.4 Å². The topological polar surface area (TPSA) is 165 Å². The third-order valence-electron chi connectivity index (χ3n) is 13.0. The molecule has 2 aliphatic heterocycles. The molecule has 0 aromatic carbocycles. The first-order valence-corrected chi connectivity index (χ1v) is 15.4. The molecule has 1 aromatic rings. The van der Waals surface area contributed by atoms with Crippen molar-refractivity contribution in [2.45, 2.75) is 109 Å². The molecule has 7 rings (SSSR count). The minimum absolute atomic E-state index is 0.0239. The standard InChI is InChI=1S/C32H42O11/c1-14(2)26(38)42-27-28(4)18-10-19(34)30(6)24(31(18,13-40-27)20(35)11-21(28)41-15(3)33)23(36)25(37)29(5)17(16-7-8-39-12-16)9-22-32(29,30)43-22/h7-8,12,14,17-22,24-25,27,34-35,37H,9-11,13H2,1-6H3. The highest BCUT2D eigenvalue weighted by molar-refractivity contribution is 5.91. The van der Waals surface area contributed by atoms with Crippen LogP contribution in [0.2, 0.25) is 0 Å². The van der Waals surface area contributed by atoms with Gasteiger partial charge < -0.3 is 38.7 Å². The SMILES string of the molecule is CC(=O)OC1CC(O)C23COC(OC(=O)C(C)C)C1(C)C2CC(O)C1(C)C3C(=O)C(O)C2(C)C(c3ccoc3)CC3OC321. The van der Waals surface area contributed by atoms with E-state index in [1.807, 2.05) is 19.9 Å². The molecule has 1 aromatic heterocycles. The average Bonchev–Trinajstić information content (AvgIpc) is 3.30. The van der Waals surface area contributed by atoms with E-state index in [9.17, 15) is 29.7 Å². The summed E-state index contributed by atoms with van der Waals surface area (Å²) in [7, 11) is 0. The normalized spacial score (nSPS) is 52.9. The Morgan fingerprint density at radius 3 is 2.37 bits per heavy atom. The Morgan fingerprint density at radius 2 is 1.74 bits per heavy atom. The van der Waals surface area contributed by atoms with Gasteiger partial charge in [-0.25, -0.2) is 0 Å². The van der Waals surface area contributed by atoms with Gasteiger partial charge in [-0.15, -0.1) is 0 Å². The number of carbonyl (C=O) groups excluding carboxylic acids is 3. The number of aliphatic hydroxyl groups excluding tert-OH is 3. The van der Waals surface area contributed by atoms with Crippen LogP contribution >= 0.6 is 0 Å². The molecule has 1 spiro atoms. The van der Waals surface area contributed by atoms with Gasteiger partial charge in [0.15, 0.2) is 5.78 Å². The molecule has 2 saturated heterocycles. The molecule has 3 N–H and O–H groups in total. The highest BCUT2D eigenvalue weighted by Gasteiger charge is 2.92. The lowest BCUT2D eigenvalue weighted by atomic mass is 9.33. The number of rotatable bonds is 4. The van der Waals surface area contributed by atoms with Gasteiger partial charge in [0.2, 0.25) is 6.29 Å². The zero-order chi connectivity index (χ0) is 31.1. The maximum Gasteiger partial charge on any atom is 0.310 e. The molecule has 236 valence electrons. The van der Waals surface area contributed by atoms with Crippen LogP contribution < -0.4 is 0 Å². The van der Waals surface area contributed by atoms with Crippen molar-refractivity contribution >= 4 is 17.7 Å². The Kier molecular flexibility index (Phi) is 6.09. The molecule has 0 radical (unpaired) electrons. The Labute approximate surface area is 250 Å². The molecule has 14 atom stereocenters. The smallest absolute Gasteiger partial charge is 0.310 e. The van der Waals surface area contributed by atoms with Crippen LogP contribution in [0.5, 0.6) is 0 Å². The van der Waals surface area contributed by atoms with Gasteiger partial charge in [-0.3, -0.25) is 14.4 Å². The molecular formula is C32H42O11. The molecule has 4 aliphatic carbocycles. The fourth-order valence-corrected chi connectivity index (χ4v) is 11.0. The molecule has 6 fully saturated rings. The Bertz CT molecular complexity index is 1360. The molecule has 2 bridgehead atoms. The third kappa shape index (κ3) is 3.15. The summed E-state index contributed by atoms with van der Waals surface area (Å²) in [6.07, 6.45) is -2.30. The molecule has 0 amide bonds. The van der Waals surface area contributed by atoms with E-state index in [0.717, 1.165) is 5.56 Å². The second-order valence-corrected chi connectivity index (χ2v) is 14.9. The van der Waals surface area contributed by atoms with E-state index in [-0.39, 0.29) is 31.5 Å². The number of Topliss-reactive ketones (excluding diaryl/α,β-unsaturated/α-hetero) is 1. The van der Waals surface area contributed by atoms with E-state index in [1.165, 1.54) is 6.92 Å². The van der Waals surface area contributed by atoms with Crippen LogP contribution in [0.4, 0.5) is 0 Å². The number of aliphatic hydroxyl groups is 3. The Balaban J connectivity index is 1.38. The first-order valence-electron chi connectivity index (χ1n) is 15.4. The largest absolute Gasteiger partial charge is 0.472 e. The molecule has 11 heteroatoms. The number of epoxide rings is 1. The van der Waals surface area contributed by atoms with Gasteiger partial charge in [-0.2, -0.15) is 0 Å². The van der Waals surface area contributed by atoms with E-state index in [0.29, 0.717) is 6.42 Å². The lowest BCUT2D eigenvalue weighted by molar-refractivity contribution is -0.374. The number of hydrogen-bond donors (Lipinski definition) is 3. The predicted octanol–water partition coefficient (Wildman–Crippen LogP) is 2.10. The molecule has 43 heavy (non-hydrogen) atoms. The Morgan fingerprint density at radius 1 is 1.02 bits per heavy atom. The second-order valence-electron chi connectivity index (χ2n) is 14.9. The van der Waals surface area contributed by atoms with Crippen molar-refractivity contribution in [3.05, 3.63) is 24.2 Å². The van der Waals surface area contributed by atoms with Crippen LogP contribution in [0.15, 0.2) is 23.0 Å². The third-order valence-corrected chi connectivity index (χ3v) is 13.0. The van der Waals surface area contributed by atoms with Crippen LogP contribution in [0.25, 0.3) is 0 Å². The highest BCUT2D eigenvalue weighted by atomic mass is 16.7. The van der Waals surface area contributed by atoms with Crippen LogP contribution in [-0.4, -0.2) is 82.1 Å². The van der Waals surface area contributed by atoms with Gasteiger partial charge in [0.05, 0.1) is 48.8 Å². The summed E-state index contributed by atoms with van der Waals surface area (Å²) in [5, 5.41) is 36.4. The summed E-state index contributed by atoms with van der Waals surface area (Å²) < 4.78 is 29.8. The lowest BCUT2D eigenvalue weighted by Gasteiger charge is -2.73. The number of ether oxygens (including phenoxy) is 4. The number of esters is 2. The zero-order valence-electron chi connectivity index (χ0n) is 25.4. The molecule has 6 aliphatic rings. The van der Waals surface area contributed by atoms with Crippen LogP contribution in [0.3, 0.4) is 0 Å². The Hall–Kier alpha value is -2.31. The van der Waals surface area contributed by atoms with E-state index in [2.05, 4.69) is 0 Å². The van der Waals surface area contributed by atoms with Gasteiger partial charge in [0, 0.05) is 41.4 Å². The minimum Gasteiger partial charge on any atom is -0.472 e. The van der Waals surface area contributed by atoms with Crippen LogP contribution in [0.1, 0.15) is 72.3 Å². The maximum atomic E-state index is 14.8. The maximum absolute atomic E-state index is 14.8. The monoisotopic (exact) mass is 602 g/mol. The van der Waals surface area contributed by atoms with Crippen molar-refractivity contribution in [1.29, 1.82) is 0 Å².